The molecule has 3 aromatic rings. The predicted molar refractivity (Wildman–Crippen MR) is 94.4 cm³/mol. The third-order valence-corrected chi connectivity index (χ3v) is 3.75. The van der Waals surface area contributed by atoms with Crippen LogP contribution in [0, 0.1) is 5.82 Å². The Hall–Kier alpha value is -3.61. The fraction of sp³-hybridized carbons (Fsp3) is 0.0526. The van der Waals surface area contributed by atoms with Gasteiger partial charge in [0.25, 0.3) is 5.91 Å². The molecule has 0 unspecified atom stereocenters. The minimum absolute atomic E-state index is 0.173. The molecule has 1 aromatic heterocycles. The second kappa shape index (κ2) is 6.72. The second-order valence-corrected chi connectivity index (χ2v) is 5.59. The molecule has 0 spiro atoms. The summed E-state index contributed by atoms with van der Waals surface area (Å²) in [6.07, 6.45) is 1.51. The zero-order chi connectivity index (χ0) is 17.9. The lowest BCUT2D eigenvalue weighted by Gasteiger charge is -2.09. The highest BCUT2D eigenvalue weighted by molar-refractivity contribution is 6.04. The molecule has 2 N–H and O–H groups in total. The molecule has 2 aromatic carbocycles. The van der Waals surface area contributed by atoms with Gasteiger partial charge in [-0.25, -0.2) is 9.37 Å². The monoisotopic (exact) mass is 351 g/mol. The van der Waals surface area contributed by atoms with Crippen LogP contribution in [-0.4, -0.2) is 17.7 Å². The van der Waals surface area contributed by atoms with Crippen molar-refractivity contribution in [3.8, 4) is 11.5 Å². The van der Waals surface area contributed by atoms with Crippen LogP contribution in [0.1, 0.15) is 10.4 Å². The number of ether oxygens (including phenoxy) is 2. The summed E-state index contributed by atoms with van der Waals surface area (Å²) in [5.74, 6) is 1.02. The Balaban J connectivity index is 1.49. The molecule has 6 nitrogen and oxygen atoms in total. The normalized spacial score (nSPS) is 11.9. The Morgan fingerprint density at radius 2 is 1.88 bits per heavy atom. The van der Waals surface area contributed by atoms with Crippen LogP contribution in [0.25, 0.3) is 0 Å². The number of nitrogens with zero attached hydrogens (tertiary/aromatic N) is 1. The van der Waals surface area contributed by atoms with E-state index < -0.39 is 0 Å². The minimum Gasteiger partial charge on any atom is -0.454 e. The number of aromatic nitrogens is 1. The maximum absolute atomic E-state index is 13.3. The lowest BCUT2D eigenvalue weighted by molar-refractivity contribution is 0.102. The fourth-order valence-electron chi connectivity index (χ4n) is 2.53. The smallest absolute Gasteiger partial charge is 0.255 e. The summed E-state index contributed by atoms with van der Waals surface area (Å²) >= 11 is 0. The van der Waals surface area contributed by atoms with Crippen molar-refractivity contribution in [3.63, 3.8) is 0 Å². The molecule has 2 heterocycles. The largest absolute Gasteiger partial charge is 0.454 e. The molecule has 4 rings (SSSR count). The van der Waals surface area contributed by atoms with Gasteiger partial charge in [-0.3, -0.25) is 4.79 Å². The Morgan fingerprint density at radius 1 is 1.00 bits per heavy atom. The number of anilines is 3. The van der Waals surface area contributed by atoms with Crippen molar-refractivity contribution in [1.82, 2.24) is 4.98 Å². The number of hydrogen-bond acceptors (Lipinski definition) is 5. The molecule has 7 heteroatoms. The van der Waals surface area contributed by atoms with Gasteiger partial charge in [-0.2, -0.15) is 0 Å². The number of carbonyl (C=O) groups is 1. The van der Waals surface area contributed by atoms with E-state index >= 15 is 0 Å². The van der Waals surface area contributed by atoms with Gasteiger partial charge in [0, 0.05) is 29.2 Å². The third-order valence-electron chi connectivity index (χ3n) is 3.75. The predicted octanol–water partition coefficient (Wildman–Crippen LogP) is 3.95. The van der Waals surface area contributed by atoms with Gasteiger partial charge in [-0.05, 0) is 42.5 Å². The number of halogens is 1. The lowest BCUT2D eigenvalue weighted by Crippen LogP contribution is -2.12. The van der Waals surface area contributed by atoms with Crippen molar-refractivity contribution in [2.75, 3.05) is 17.4 Å². The Bertz CT molecular complexity index is 978. The van der Waals surface area contributed by atoms with E-state index in [2.05, 4.69) is 15.6 Å². The maximum Gasteiger partial charge on any atom is 0.255 e. The molecular formula is C19H14FN3O3. The molecular weight excluding hydrogens is 337 g/mol. The number of rotatable bonds is 4. The fourth-order valence-corrected chi connectivity index (χ4v) is 2.53. The van der Waals surface area contributed by atoms with E-state index in [9.17, 15) is 9.18 Å². The van der Waals surface area contributed by atoms with Gasteiger partial charge in [0.1, 0.15) is 11.6 Å². The van der Waals surface area contributed by atoms with Crippen LogP contribution in [0.5, 0.6) is 11.5 Å². The summed E-state index contributed by atoms with van der Waals surface area (Å²) in [6, 6.07) is 14.4. The van der Waals surface area contributed by atoms with E-state index in [-0.39, 0.29) is 18.5 Å². The van der Waals surface area contributed by atoms with Crippen LogP contribution in [-0.2, 0) is 0 Å². The molecule has 0 bridgehead atoms. The molecule has 0 aliphatic carbocycles. The second-order valence-electron chi connectivity index (χ2n) is 5.59. The number of benzene rings is 2. The third kappa shape index (κ3) is 3.41. The zero-order valence-corrected chi connectivity index (χ0v) is 13.5. The summed E-state index contributed by atoms with van der Waals surface area (Å²) in [5.41, 5.74) is 1.55. The Morgan fingerprint density at radius 3 is 2.77 bits per heavy atom. The molecule has 0 atom stereocenters. The van der Waals surface area contributed by atoms with Crippen molar-refractivity contribution >= 4 is 23.1 Å². The Kier molecular flexibility index (Phi) is 4.10. The summed E-state index contributed by atoms with van der Waals surface area (Å²) in [5, 5.41) is 5.77. The summed E-state index contributed by atoms with van der Waals surface area (Å²) < 4.78 is 23.8. The molecule has 130 valence electrons. The molecule has 1 aliphatic rings. The first-order valence-electron chi connectivity index (χ1n) is 7.87. The van der Waals surface area contributed by atoms with Crippen molar-refractivity contribution < 1.29 is 18.7 Å². The highest BCUT2D eigenvalue weighted by Crippen LogP contribution is 2.34. The zero-order valence-electron chi connectivity index (χ0n) is 13.5. The van der Waals surface area contributed by atoms with Crippen molar-refractivity contribution in [2.24, 2.45) is 0 Å². The number of nitrogens with one attached hydrogen (secondary N) is 2. The highest BCUT2D eigenvalue weighted by Gasteiger charge is 2.15. The van der Waals surface area contributed by atoms with E-state index in [1.54, 1.807) is 42.5 Å². The molecule has 0 radical (unpaired) electrons. The summed E-state index contributed by atoms with van der Waals surface area (Å²) in [6.45, 7) is 0.173. The van der Waals surface area contributed by atoms with Crippen LogP contribution in [0.3, 0.4) is 0 Å². The molecule has 26 heavy (non-hydrogen) atoms. The van der Waals surface area contributed by atoms with E-state index in [4.69, 9.17) is 9.47 Å². The molecule has 1 aliphatic heterocycles. The number of hydrogen-bond donors (Lipinski definition) is 2. The van der Waals surface area contributed by atoms with E-state index in [0.29, 0.717) is 34.3 Å². The van der Waals surface area contributed by atoms with Crippen molar-refractivity contribution in [2.45, 2.75) is 0 Å². The quantitative estimate of drug-likeness (QED) is 0.745. The van der Waals surface area contributed by atoms with Crippen molar-refractivity contribution in [1.29, 1.82) is 0 Å². The van der Waals surface area contributed by atoms with Crippen LogP contribution >= 0.6 is 0 Å². The van der Waals surface area contributed by atoms with E-state index in [0.717, 1.165) is 0 Å². The number of pyridine rings is 1. The van der Waals surface area contributed by atoms with Gasteiger partial charge in [0.05, 0.1) is 0 Å². The number of fused-ring (bicyclic) bond motifs is 1. The van der Waals surface area contributed by atoms with Crippen LogP contribution in [0.2, 0.25) is 0 Å². The topological polar surface area (TPSA) is 72.5 Å². The van der Waals surface area contributed by atoms with E-state index in [1.807, 2.05) is 0 Å². The highest BCUT2D eigenvalue weighted by atomic mass is 19.1. The van der Waals surface area contributed by atoms with Gasteiger partial charge < -0.3 is 20.1 Å². The molecule has 0 saturated heterocycles. The first kappa shape index (κ1) is 15.9. The first-order valence-corrected chi connectivity index (χ1v) is 7.87. The molecule has 1 amide bonds. The average molecular weight is 351 g/mol. The summed E-state index contributed by atoms with van der Waals surface area (Å²) in [4.78, 5) is 16.6. The van der Waals surface area contributed by atoms with Crippen molar-refractivity contribution in [3.05, 3.63) is 72.2 Å². The van der Waals surface area contributed by atoms with Crippen LogP contribution in [0.4, 0.5) is 21.6 Å². The maximum atomic E-state index is 13.3. The number of carbonyl (C=O) groups excluding carboxylic acids is 1. The minimum atomic E-state index is -0.355. The van der Waals surface area contributed by atoms with Gasteiger partial charge in [-0.15, -0.1) is 0 Å². The lowest BCUT2D eigenvalue weighted by atomic mass is 10.2. The molecule has 0 fully saturated rings. The van der Waals surface area contributed by atoms with Gasteiger partial charge >= 0.3 is 0 Å². The van der Waals surface area contributed by atoms with Crippen LogP contribution in [0.15, 0.2) is 60.8 Å². The van der Waals surface area contributed by atoms with Gasteiger partial charge in [0.15, 0.2) is 11.5 Å². The van der Waals surface area contributed by atoms with E-state index in [1.165, 1.54) is 18.3 Å². The van der Waals surface area contributed by atoms with Gasteiger partial charge in [-0.1, -0.05) is 6.07 Å². The Labute approximate surface area is 148 Å². The van der Waals surface area contributed by atoms with Crippen LogP contribution < -0.4 is 20.1 Å². The summed E-state index contributed by atoms with van der Waals surface area (Å²) in [7, 11) is 0. The van der Waals surface area contributed by atoms with Gasteiger partial charge in [0.2, 0.25) is 6.79 Å². The first-order chi connectivity index (χ1) is 12.7. The standard InChI is InChI=1S/C19H14FN3O3/c20-13-2-1-3-14(9-13)22-18-8-12(6-7-21-18)19(24)23-15-4-5-16-17(10-15)26-11-25-16/h1-10H,11H2,(H,21,22)(H,23,24). The molecule has 0 saturated carbocycles. The average Bonchev–Trinajstić information content (AvgIpc) is 3.10. The number of amides is 1. The SMILES string of the molecule is O=C(Nc1ccc2c(c1)OCO2)c1ccnc(Nc2cccc(F)c2)c1.